The highest BCUT2D eigenvalue weighted by Gasteiger charge is 2.12. The van der Waals surface area contributed by atoms with Crippen LogP contribution in [0.1, 0.15) is 16.8 Å². The molecule has 0 spiro atoms. The molecule has 0 aliphatic carbocycles. The lowest BCUT2D eigenvalue weighted by Gasteiger charge is -2.08. The summed E-state index contributed by atoms with van der Waals surface area (Å²) >= 11 is 5.06. The first-order valence-corrected chi connectivity index (χ1v) is 13.3. The van der Waals surface area contributed by atoms with Gasteiger partial charge in [-0.2, -0.15) is 14.6 Å². The highest BCUT2D eigenvalue weighted by molar-refractivity contribution is 9.10. The summed E-state index contributed by atoms with van der Waals surface area (Å²) < 4.78 is 4.74. The molecule has 0 saturated heterocycles. The van der Waals surface area contributed by atoms with Gasteiger partial charge in [-0.25, -0.2) is 4.98 Å². The third-order valence-corrected chi connectivity index (χ3v) is 7.25. The normalized spacial score (nSPS) is 11.4. The summed E-state index contributed by atoms with van der Waals surface area (Å²) in [6, 6.07) is 27.0. The van der Waals surface area contributed by atoms with E-state index in [4.69, 9.17) is 10.2 Å². The summed E-state index contributed by atoms with van der Waals surface area (Å²) in [6.07, 6.45) is 1.98. The Morgan fingerprint density at radius 3 is 2.64 bits per heavy atom. The molecule has 9 heteroatoms. The lowest BCUT2D eigenvalue weighted by atomic mass is 10.0. The quantitative estimate of drug-likeness (QED) is 0.223. The number of hydrogen-bond acceptors (Lipinski definition) is 6. The molecule has 0 aliphatic heterocycles. The summed E-state index contributed by atoms with van der Waals surface area (Å²) in [5.74, 6) is 2.85. The van der Waals surface area contributed by atoms with Crippen molar-refractivity contribution in [1.82, 2.24) is 29.4 Å². The molecule has 0 fully saturated rings. The predicted molar refractivity (Wildman–Crippen MR) is 148 cm³/mol. The average molecular weight is 556 g/mol. The molecule has 6 rings (SSSR count). The van der Waals surface area contributed by atoms with Crippen LogP contribution in [0.25, 0.3) is 16.6 Å². The van der Waals surface area contributed by atoms with Crippen molar-refractivity contribution in [3.05, 3.63) is 106 Å². The molecule has 0 radical (unpaired) electrons. The smallest absolute Gasteiger partial charge is 0.255 e. The molecule has 1 N–H and O–H groups in total. The fourth-order valence-corrected chi connectivity index (χ4v) is 5.14. The summed E-state index contributed by atoms with van der Waals surface area (Å²) in [5.41, 5.74) is 3.30. The number of aryl methyl sites for hydroxylation is 1. The van der Waals surface area contributed by atoms with Gasteiger partial charge in [0.15, 0.2) is 5.82 Å². The van der Waals surface area contributed by atoms with E-state index in [0.717, 1.165) is 27.6 Å². The highest BCUT2D eigenvalue weighted by Crippen LogP contribution is 2.24. The third kappa shape index (κ3) is 4.84. The van der Waals surface area contributed by atoms with E-state index in [1.54, 1.807) is 16.3 Å². The molecule has 3 aromatic heterocycles. The van der Waals surface area contributed by atoms with Gasteiger partial charge in [-0.1, -0.05) is 82.3 Å². The molecule has 3 aromatic carbocycles. The van der Waals surface area contributed by atoms with Crippen molar-refractivity contribution in [3.63, 3.8) is 0 Å². The van der Waals surface area contributed by atoms with Gasteiger partial charge in [-0.3, -0.25) is 4.68 Å². The van der Waals surface area contributed by atoms with Gasteiger partial charge in [0, 0.05) is 34.2 Å². The van der Waals surface area contributed by atoms with Crippen LogP contribution in [0.4, 0.5) is 11.6 Å². The van der Waals surface area contributed by atoms with Gasteiger partial charge >= 0.3 is 0 Å². The molecule has 0 aliphatic rings. The minimum absolute atomic E-state index is 0.561. The number of thioether (sulfide) groups is 1. The standard InChI is InChI=1S/C27H22BrN7S/c1-18-15-25(35-26(29-18)31-27(33-35)36-17-19-9-11-22(28)12-10-19)30-24-13-14-34(32-24)16-21-7-4-6-20-5-2-3-8-23(20)21/h2-15H,16-17H2,1H3,(H,30,32). The van der Waals surface area contributed by atoms with Crippen molar-refractivity contribution < 1.29 is 0 Å². The van der Waals surface area contributed by atoms with Crippen LogP contribution in [-0.4, -0.2) is 29.4 Å². The van der Waals surface area contributed by atoms with Crippen molar-refractivity contribution >= 4 is 55.9 Å². The number of hydrogen-bond donors (Lipinski definition) is 1. The van der Waals surface area contributed by atoms with Gasteiger partial charge in [-0.05, 0) is 41.0 Å². The summed E-state index contributed by atoms with van der Waals surface area (Å²) in [5, 5.41) is 16.0. The topological polar surface area (TPSA) is 72.9 Å². The Balaban J connectivity index is 1.22. The van der Waals surface area contributed by atoms with Crippen molar-refractivity contribution in [1.29, 1.82) is 0 Å². The van der Waals surface area contributed by atoms with Crippen LogP contribution in [0.5, 0.6) is 0 Å². The zero-order chi connectivity index (χ0) is 24.5. The van der Waals surface area contributed by atoms with E-state index >= 15 is 0 Å². The highest BCUT2D eigenvalue weighted by atomic mass is 79.9. The first-order chi connectivity index (χ1) is 17.6. The second-order valence-corrected chi connectivity index (χ2v) is 10.3. The Hall–Kier alpha value is -3.69. The minimum atomic E-state index is 0.561. The molecule has 0 amide bonds. The number of nitrogens with one attached hydrogen (secondary N) is 1. The van der Waals surface area contributed by atoms with Crippen molar-refractivity contribution in [3.8, 4) is 0 Å². The van der Waals surface area contributed by atoms with E-state index in [0.29, 0.717) is 17.5 Å². The van der Waals surface area contributed by atoms with Crippen LogP contribution < -0.4 is 5.32 Å². The monoisotopic (exact) mass is 555 g/mol. The zero-order valence-electron chi connectivity index (χ0n) is 19.5. The van der Waals surface area contributed by atoms with Gasteiger partial charge in [0.25, 0.3) is 5.78 Å². The van der Waals surface area contributed by atoms with E-state index in [1.807, 2.05) is 42.1 Å². The molecule has 36 heavy (non-hydrogen) atoms. The van der Waals surface area contributed by atoms with Crippen LogP contribution in [0.15, 0.2) is 94.7 Å². The summed E-state index contributed by atoms with van der Waals surface area (Å²) in [4.78, 5) is 9.19. The van der Waals surface area contributed by atoms with Crippen LogP contribution in [0.3, 0.4) is 0 Å². The molecule has 3 heterocycles. The van der Waals surface area contributed by atoms with Crippen LogP contribution >= 0.6 is 27.7 Å². The molecule has 0 atom stereocenters. The first-order valence-electron chi connectivity index (χ1n) is 11.5. The van der Waals surface area contributed by atoms with Crippen molar-refractivity contribution in [2.45, 2.75) is 24.4 Å². The predicted octanol–water partition coefficient (Wildman–Crippen LogP) is 6.63. The number of rotatable bonds is 7. The van der Waals surface area contributed by atoms with Gasteiger partial charge in [0.2, 0.25) is 5.16 Å². The lowest BCUT2D eigenvalue weighted by molar-refractivity contribution is 0.692. The molecule has 0 unspecified atom stereocenters. The molecule has 0 saturated carbocycles. The second-order valence-electron chi connectivity index (χ2n) is 8.47. The Morgan fingerprint density at radius 1 is 0.917 bits per heavy atom. The summed E-state index contributed by atoms with van der Waals surface area (Å²) in [6.45, 7) is 2.64. The van der Waals surface area contributed by atoms with E-state index in [2.05, 4.69) is 85.8 Å². The number of fused-ring (bicyclic) bond motifs is 2. The van der Waals surface area contributed by atoms with Gasteiger partial charge < -0.3 is 5.32 Å². The van der Waals surface area contributed by atoms with Crippen LogP contribution in [0, 0.1) is 6.92 Å². The Bertz CT molecular complexity index is 1670. The maximum atomic E-state index is 4.75. The zero-order valence-corrected chi connectivity index (χ0v) is 21.9. The van der Waals surface area contributed by atoms with E-state index < -0.39 is 0 Å². The Morgan fingerprint density at radius 2 is 1.75 bits per heavy atom. The number of aromatic nitrogens is 6. The molecule has 0 bridgehead atoms. The fourth-order valence-electron chi connectivity index (χ4n) is 4.10. The number of nitrogens with zero attached hydrogens (tertiary/aromatic N) is 6. The van der Waals surface area contributed by atoms with E-state index in [-0.39, 0.29) is 0 Å². The maximum absolute atomic E-state index is 4.75. The molecule has 6 aromatic rings. The molecular formula is C27H22BrN7S. The van der Waals surface area contributed by atoms with Gasteiger partial charge in [0.05, 0.1) is 6.54 Å². The van der Waals surface area contributed by atoms with Crippen LogP contribution in [-0.2, 0) is 12.3 Å². The largest absolute Gasteiger partial charge is 0.323 e. The van der Waals surface area contributed by atoms with Crippen LogP contribution in [0.2, 0.25) is 0 Å². The number of anilines is 2. The molecule has 7 nitrogen and oxygen atoms in total. The molecular weight excluding hydrogens is 534 g/mol. The summed E-state index contributed by atoms with van der Waals surface area (Å²) in [7, 11) is 0. The molecule has 178 valence electrons. The third-order valence-electron chi connectivity index (χ3n) is 5.81. The Labute approximate surface area is 220 Å². The SMILES string of the molecule is Cc1cc(Nc2ccn(Cc3cccc4ccccc34)n2)n2nc(SCc3ccc(Br)cc3)nc2n1. The van der Waals surface area contributed by atoms with Gasteiger partial charge in [0.1, 0.15) is 5.82 Å². The van der Waals surface area contributed by atoms with E-state index in [1.165, 1.54) is 21.9 Å². The minimum Gasteiger partial charge on any atom is -0.323 e. The van der Waals surface area contributed by atoms with Crippen molar-refractivity contribution in [2.75, 3.05) is 5.32 Å². The number of halogens is 1. The first kappa shape index (κ1) is 22.8. The lowest BCUT2D eigenvalue weighted by Crippen LogP contribution is -2.05. The Kier molecular flexibility index (Phi) is 6.16. The van der Waals surface area contributed by atoms with E-state index in [9.17, 15) is 0 Å². The second kappa shape index (κ2) is 9.75. The van der Waals surface area contributed by atoms with Gasteiger partial charge in [-0.15, -0.1) is 5.10 Å². The van der Waals surface area contributed by atoms with Crippen molar-refractivity contribution in [2.24, 2.45) is 0 Å². The fraction of sp³-hybridized carbons (Fsp3) is 0.111. The number of benzene rings is 3. The maximum Gasteiger partial charge on any atom is 0.255 e. The average Bonchev–Trinajstić information content (AvgIpc) is 3.50.